The lowest BCUT2D eigenvalue weighted by atomic mass is 9.99. The quantitative estimate of drug-likeness (QED) is 0.549. The smallest absolute Gasteiger partial charge is 0.278 e. The van der Waals surface area contributed by atoms with E-state index in [2.05, 4.69) is 34.3 Å². The van der Waals surface area contributed by atoms with Crippen molar-refractivity contribution in [3.63, 3.8) is 0 Å². The van der Waals surface area contributed by atoms with Gasteiger partial charge in [0.1, 0.15) is 5.70 Å². The van der Waals surface area contributed by atoms with E-state index in [4.69, 9.17) is 0 Å². The Balaban J connectivity index is 1.42. The summed E-state index contributed by atoms with van der Waals surface area (Å²) >= 11 is 0. The summed E-state index contributed by atoms with van der Waals surface area (Å²) in [5, 5.41) is 3.26. The van der Waals surface area contributed by atoms with Gasteiger partial charge in [0.25, 0.3) is 11.8 Å². The predicted molar refractivity (Wildman–Crippen MR) is 134 cm³/mol. The molecule has 3 aromatic rings. The lowest BCUT2D eigenvalue weighted by Crippen LogP contribution is -2.32. The van der Waals surface area contributed by atoms with E-state index in [1.807, 2.05) is 54.6 Å². The number of piperidine rings is 1. The Morgan fingerprint density at radius 3 is 2.24 bits per heavy atom. The number of hydrogen-bond donors (Lipinski definition) is 1. The Hall–Kier alpha value is -3.93. The SMILES string of the molecule is CC1CCN(c2ccc(NC3=C(c4ccccc4)C(=O)N(Cc4ccncc4)C3=O)cc2)CC1. The van der Waals surface area contributed by atoms with Gasteiger partial charge in [-0.2, -0.15) is 0 Å². The Morgan fingerprint density at radius 2 is 1.56 bits per heavy atom. The molecular weight excluding hydrogens is 424 g/mol. The van der Waals surface area contributed by atoms with Crippen LogP contribution < -0.4 is 10.2 Å². The average molecular weight is 453 g/mol. The summed E-state index contributed by atoms with van der Waals surface area (Å²) in [4.78, 5) is 34.5. The molecule has 2 aliphatic heterocycles. The highest BCUT2D eigenvalue weighted by Gasteiger charge is 2.39. The molecule has 34 heavy (non-hydrogen) atoms. The first-order valence-electron chi connectivity index (χ1n) is 11.8. The molecule has 3 heterocycles. The van der Waals surface area contributed by atoms with Crippen molar-refractivity contribution in [2.75, 3.05) is 23.3 Å². The van der Waals surface area contributed by atoms with Gasteiger partial charge in [0.05, 0.1) is 12.1 Å². The summed E-state index contributed by atoms with van der Waals surface area (Å²) in [5.41, 5.74) is 4.25. The Bertz CT molecular complexity index is 1200. The third-order valence-electron chi connectivity index (χ3n) is 6.61. The molecule has 0 spiro atoms. The van der Waals surface area contributed by atoms with Crippen molar-refractivity contribution in [2.24, 2.45) is 5.92 Å². The van der Waals surface area contributed by atoms with Gasteiger partial charge < -0.3 is 10.2 Å². The number of anilines is 2. The molecule has 0 atom stereocenters. The summed E-state index contributed by atoms with van der Waals surface area (Å²) in [6, 6.07) is 21.1. The number of nitrogens with zero attached hydrogens (tertiary/aromatic N) is 3. The van der Waals surface area contributed by atoms with Gasteiger partial charge in [0.2, 0.25) is 0 Å². The third-order valence-corrected chi connectivity index (χ3v) is 6.61. The maximum atomic E-state index is 13.4. The van der Waals surface area contributed by atoms with Crippen molar-refractivity contribution in [3.05, 3.63) is 95.9 Å². The van der Waals surface area contributed by atoms with Crippen molar-refractivity contribution in [3.8, 4) is 0 Å². The predicted octanol–water partition coefficient (Wildman–Crippen LogP) is 4.71. The molecule has 1 saturated heterocycles. The Morgan fingerprint density at radius 1 is 0.882 bits per heavy atom. The van der Waals surface area contributed by atoms with Crippen LogP contribution in [0, 0.1) is 5.92 Å². The second kappa shape index (κ2) is 9.51. The summed E-state index contributed by atoms with van der Waals surface area (Å²) in [6.45, 7) is 4.64. The summed E-state index contributed by atoms with van der Waals surface area (Å²) in [6.07, 6.45) is 5.74. The fourth-order valence-electron chi connectivity index (χ4n) is 4.55. The van der Waals surface area contributed by atoms with Gasteiger partial charge in [-0.3, -0.25) is 19.5 Å². The van der Waals surface area contributed by atoms with E-state index in [1.54, 1.807) is 12.4 Å². The molecule has 2 aromatic carbocycles. The lowest BCUT2D eigenvalue weighted by molar-refractivity contribution is -0.137. The molecule has 1 aromatic heterocycles. The van der Waals surface area contributed by atoms with Gasteiger partial charge in [-0.1, -0.05) is 37.3 Å². The van der Waals surface area contributed by atoms with Gasteiger partial charge in [-0.15, -0.1) is 0 Å². The monoisotopic (exact) mass is 452 g/mol. The van der Waals surface area contributed by atoms with Crippen LogP contribution in [0.5, 0.6) is 0 Å². The maximum absolute atomic E-state index is 13.4. The molecule has 1 fully saturated rings. The number of aromatic nitrogens is 1. The van der Waals surface area contributed by atoms with Gasteiger partial charge in [-0.05, 0) is 66.3 Å². The van der Waals surface area contributed by atoms with Crippen LogP contribution in [-0.4, -0.2) is 34.8 Å². The standard InChI is InChI=1S/C28H28N4O2/c1-20-13-17-31(18-14-20)24-9-7-23(8-10-24)30-26-25(22-5-3-2-4-6-22)27(33)32(28(26)34)19-21-11-15-29-16-12-21/h2-12,15-16,20,30H,13-14,17-19H2,1H3. The van der Waals surface area contributed by atoms with Gasteiger partial charge in [-0.25, -0.2) is 0 Å². The zero-order valence-corrected chi connectivity index (χ0v) is 19.3. The van der Waals surface area contributed by atoms with E-state index in [0.717, 1.165) is 35.8 Å². The fourth-order valence-corrected chi connectivity index (χ4v) is 4.55. The van der Waals surface area contributed by atoms with Crippen LogP contribution in [0.1, 0.15) is 30.9 Å². The van der Waals surface area contributed by atoms with Crippen molar-refractivity contribution in [1.82, 2.24) is 9.88 Å². The van der Waals surface area contributed by atoms with Crippen molar-refractivity contribution in [1.29, 1.82) is 0 Å². The molecule has 6 nitrogen and oxygen atoms in total. The highest BCUT2D eigenvalue weighted by Crippen LogP contribution is 2.32. The maximum Gasteiger partial charge on any atom is 0.278 e. The van der Waals surface area contributed by atoms with Crippen LogP contribution in [-0.2, 0) is 16.1 Å². The molecule has 2 aliphatic rings. The van der Waals surface area contributed by atoms with Crippen LogP contribution >= 0.6 is 0 Å². The molecule has 0 unspecified atom stereocenters. The summed E-state index contributed by atoms with van der Waals surface area (Å²) in [5.74, 6) is 0.158. The normalized spacial score (nSPS) is 17.0. The number of imide groups is 1. The molecule has 5 rings (SSSR count). The molecule has 0 saturated carbocycles. The van der Waals surface area contributed by atoms with Crippen molar-refractivity contribution >= 4 is 28.8 Å². The highest BCUT2D eigenvalue weighted by atomic mass is 16.2. The molecule has 0 aliphatic carbocycles. The van der Waals surface area contributed by atoms with E-state index in [1.165, 1.54) is 23.4 Å². The van der Waals surface area contributed by atoms with Gasteiger partial charge in [0.15, 0.2) is 0 Å². The molecule has 6 heteroatoms. The van der Waals surface area contributed by atoms with E-state index in [9.17, 15) is 9.59 Å². The van der Waals surface area contributed by atoms with E-state index in [0.29, 0.717) is 11.3 Å². The number of benzene rings is 2. The lowest BCUT2D eigenvalue weighted by Gasteiger charge is -2.32. The zero-order valence-electron chi connectivity index (χ0n) is 19.3. The topological polar surface area (TPSA) is 65.5 Å². The van der Waals surface area contributed by atoms with Crippen LogP contribution in [0.4, 0.5) is 11.4 Å². The Labute approximate surface area is 199 Å². The third kappa shape index (κ3) is 4.44. The first-order chi connectivity index (χ1) is 16.6. The number of pyridine rings is 1. The number of hydrogen-bond acceptors (Lipinski definition) is 5. The summed E-state index contributed by atoms with van der Waals surface area (Å²) in [7, 11) is 0. The Kier molecular flexibility index (Phi) is 6.12. The van der Waals surface area contributed by atoms with E-state index in [-0.39, 0.29) is 18.4 Å². The average Bonchev–Trinajstić information content (AvgIpc) is 3.10. The van der Waals surface area contributed by atoms with Crippen molar-refractivity contribution < 1.29 is 9.59 Å². The molecule has 2 amide bonds. The first kappa shape index (κ1) is 21.9. The zero-order chi connectivity index (χ0) is 23.5. The minimum absolute atomic E-state index is 0.202. The second-order valence-corrected chi connectivity index (χ2v) is 9.01. The van der Waals surface area contributed by atoms with E-state index < -0.39 is 0 Å². The fraction of sp³-hybridized carbons (Fsp3) is 0.250. The van der Waals surface area contributed by atoms with E-state index >= 15 is 0 Å². The second-order valence-electron chi connectivity index (χ2n) is 9.01. The minimum atomic E-state index is -0.324. The molecule has 0 bridgehead atoms. The molecular formula is C28H28N4O2. The van der Waals surface area contributed by atoms with Gasteiger partial charge in [0, 0.05) is 36.9 Å². The first-order valence-corrected chi connectivity index (χ1v) is 11.8. The molecule has 0 radical (unpaired) electrons. The number of rotatable bonds is 6. The summed E-state index contributed by atoms with van der Waals surface area (Å²) < 4.78 is 0. The molecule has 1 N–H and O–H groups in total. The minimum Gasteiger partial charge on any atom is -0.372 e. The number of carbonyl (C=O) groups excluding carboxylic acids is 2. The van der Waals surface area contributed by atoms with Crippen LogP contribution in [0.2, 0.25) is 0 Å². The van der Waals surface area contributed by atoms with Crippen LogP contribution in [0.15, 0.2) is 84.8 Å². The largest absolute Gasteiger partial charge is 0.372 e. The molecule has 172 valence electrons. The number of nitrogens with one attached hydrogen (secondary N) is 1. The van der Waals surface area contributed by atoms with Crippen LogP contribution in [0.25, 0.3) is 5.57 Å². The number of carbonyl (C=O) groups is 2. The van der Waals surface area contributed by atoms with Gasteiger partial charge >= 0.3 is 0 Å². The van der Waals surface area contributed by atoms with Crippen LogP contribution in [0.3, 0.4) is 0 Å². The highest BCUT2D eigenvalue weighted by molar-refractivity contribution is 6.36. The van der Waals surface area contributed by atoms with Crippen molar-refractivity contribution in [2.45, 2.75) is 26.3 Å². The number of amides is 2.